The van der Waals surface area contributed by atoms with Gasteiger partial charge in [0.15, 0.2) is 0 Å². The van der Waals surface area contributed by atoms with E-state index in [4.69, 9.17) is 0 Å². The van der Waals surface area contributed by atoms with Crippen molar-refractivity contribution in [3.8, 4) is 33.8 Å². The quantitative estimate of drug-likeness (QED) is 0.240. The Morgan fingerprint density at radius 2 is 0.909 bits per heavy atom. The Morgan fingerprint density at radius 1 is 0.485 bits per heavy atom. The molecule has 0 spiro atoms. The third-order valence-corrected chi connectivity index (χ3v) is 5.75. The molecule has 4 nitrogen and oxygen atoms in total. The number of rotatable bonds is 10. The number of hydrogen-bond donors (Lipinski definition) is 4. The summed E-state index contributed by atoms with van der Waals surface area (Å²) in [4.78, 5) is 0. The van der Waals surface area contributed by atoms with E-state index in [1.807, 2.05) is 97.1 Å². The number of para-hydroxylation sites is 2. The summed E-state index contributed by atoms with van der Waals surface area (Å²) in [6.45, 7) is 2.90. The fourth-order valence-corrected chi connectivity index (χ4v) is 3.95. The molecule has 0 amide bonds. The lowest BCUT2D eigenvalue weighted by Gasteiger charge is -2.12. The van der Waals surface area contributed by atoms with Crippen molar-refractivity contribution in [2.24, 2.45) is 0 Å². The molecule has 0 fully saturated rings. The minimum atomic E-state index is 0.336. The van der Waals surface area contributed by atoms with Gasteiger partial charge in [0.1, 0.15) is 11.5 Å². The maximum Gasteiger partial charge on any atom is 0.127 e. The Morgan fingerprint density at radius 3 is 1.33 bits per heavy atom. The summed E-state index contributed by atoms with van der Waals surface area (Å²) in [6.07, 6.45) is 0.943. The molecular weight excluding hydrogens is 408 g/mol. The van der Waals surface area contributed by atoms with E-state index in [0.717, 1.165) is 52.9 Å². The monoisotopic (exact) mass is 438 g/mol. The first-order valence-corrected chi connectivity index (χ1v) is 11.4. The summed E-state index contributed by atoms with van der Waals surface area (Å²) in [7, 11) is 0. The summed E-state index contributed by atoms with van der Waals surface area (Å²) in [6, 6.07) is 31.6. The van der Waals surface area contributed by atoms with E-state index >= 15 is 0 Å². The molecule has 0 aromatic heterocycles. The van der Waals surface area contributed by atoms with Crippen molar-refractivity contribution in [3.63, 3.8) is 0 Å². The lowest BCUT2D eigenvalue weighted by molar-refractivity contribution is 0.464. The fourth-order valence-electron chi connectivity index (χ4n) is 3.95. The average molecular weight is 439 g/mol. The third-order valence-electron chi connectivity index (χ3n) is 5.75. The highest BCUT2D eigenvalue weighted by Crippen LogP contribution is 2.32. The Balaban J connectivity index is 1.22. The van der Waals surface area contributed by atoms with E-state index in [2.05, 4.69) is 10.6 Å². The molecule has 0 saturated carbocycles. The van der Waals surface area contributed by atoms with Crippen LogP contribution in [0.5, 0.6) is 11.5 Å². The van der Waals surface area contributed by atoms with Gasteiger partial charge in [0.25, 0.3) is 0 Å². The molecule has 0 aliphatic heterocycles. The fraction of sp³-hybridized carbons (Fsp3) is 0.172. The van der Waals surface area contributed by atoms with Crippen molar-refractivity contribution < 1.29 is 10.2 Å². The Bertz CT molecular complexity index is 1070. The van der Waals surface area contributed by atoms with E-state index in [9.17, 15) is 10.2 Å². The molecule has 0 saturated heterocycles. The molecule has 0 radical (unpaired) electrons. The molecule has 0 unspecified atom stereocenters. The first-order chi connectivity index (χ1) is 16.2. The molecule has 0 aliphatic carbocycles. The molecule has 0 bridgehead atoms. The first kappa shape index (κ1) is 22.6. The lowest BCUT2D eigenvalue weighted by atomic mass is 10.0. The van der Waals surface area contributed by atoms with Crippen molar-refractivity contribution >= 4 is 0 Å². The van der Waals surface area contributed by atoms with Gasteiger partial charge in [0.2, 0.25) is 0 Å². The first-order valence-electron chi connectivity index (χ1n) is 11.4. The summed E-state index contributed by atoms with van der Waals surface area (Å²) < 4.78 is 0. The Labute approximate surface area is 195 Å². The van der Waals surface area contributed by atoms with E-state index in [-0.39, 0.29) is 0 Å². The topological polar surface area (TPSA) is 64.5 Å². The summed E-state index contributed by atoms with van der Waals surface area (Å²) in [5.41, 5.74) is 5.53. The molecule has 168 valence electrons. The minimum Gasteiger partial charge on any atom is -0.507 e. The predicted octanol–water partition coefficient (Wildman–Crippen LogP) is 5.70. The molecule has 0 heterocycles. The van der Waals surface area contributed by atoms with Crippen LogP contribution in [0.4, 0.5) is 0 Å². The summed E-state index contributed by atoms with van der Waals surface area (Å²) in [5.74, 6) is 0.672. The normalized spacial score (nSPS) is 10.9. The van der Waals surface area contributed by atoms with Crippen LogP contribution < -0.4 is 10.6 Å². The van der Waals surface area contributed by atoms with Crippen LogP contribution in [0.1, 0.15) is 17.5 Å². The second kappa shape index (κ2) is 11.3. The highest BCUT2D eigenvalue weighted by molar-refractivity contribution is 5.72. The van der Waals surface area contributed by atoms with Crippen molar-refractivity contribution in [3.05, 3.63) is 108 Å². The largest absolute Gasteiger partial charge is 0.507 e. The minimum absolute atomic E-state index is 0.336. The van der Waals surface area contributed by atoms with Crippen LogP contribution in [0.2, 0.25) is 0 Å². The van der Waals surface area contributed by atoms with Gasteiger partial charge in [0.05, 0.1) is 0 Å². The van der Waals surface area contributed by atoms with Gasteiger partial charge >= 0.3 is 0 Å². The van der Waals surface area contributed by atoms with E-state index < -0.39 is 0 Å². The van der Waals surface area contributed by atoms with E-state index in [0.29, 0.717) is 24.6 Å². The molecule has 4 rings (SSSR count). The van der Waals surface area contributed by atoms with E-state index in [1.54, 1.807) is 0 Å². The number of phenolic OH excluding ortho intramolecular Hbond substituents is 2. The maximum atomic E-state index is 10.7. The van der Waals surface area contributed by atoms with Gasteiger partial charge in [-0.3, -0.25) is 0 Å². The number of benzene rings is 4. The van der Waals surface area contributed by atoms with Crippen molar-refractivity contribution in [1.82, 2.24) is 10.6 Å². The number of phenols is 2. The summed E-state index contributed by atoms with van der Waals surface area (Å²) in [5, 5.41) is 28.2. The van der Waals surface area contributed by atoms with Crippen LogP contribution in [0.15, 0.2) is 97.1 Å². The number of nitrogens with one attached hydrogen (secondary N) is 2. The van der Waals surface area contributed by atoms with E-state index in [1.165, 1.54) is 0 Å². The predicted molar refractivity (Wildman–Crippen MR) is 135 cm³/mol. The molecule has 0 atom stereocenters. The van der Waals surface area contributed by atoms with Crippen LogP contribution >= 0.6 is 0 Å². The van der Waals surface area contributed by atoms with Gasteiger partial charge < -0.3 is 20.8 Å². The molecule has 4 aromatic carbocycles. The third kappa shape index (κ3) is 5.80. The van der Waals surface area contributed by atoms with Crippen LogP contribution in [0.3, 0.4) is 0 Å². The van der Waals surface area contributed by atoms with Crippen LogP contribution in [-0.4, -0.2) is 23.3 Å². The SMILES string of the molecule is Oc1c(CNCCCNCc2cccc(-c3ccccc3)c2O)cccc1-c1ccccc1. The molecular formula is C29H30N2O2. The highest BCUT2D eigenvalue weighted by atomic mass is 16.3. The van der Waals surface area contributed by atoms with Crippen molar-refractivity contribution in [1.29, 1.82) is 0 Å². The smallest absolute Gasteiger partial charge is 0.127 e. The second-order valence-corrected chi connectivity index (χ2v) is 8.07. The van der Waals surface area contributed by atoms with Gasteiger partial charge in [-0.25, -0.2) is 0 Å². The standard InChI is InChI=1S/C29H30N2O2/c32-28-24(14-7-16-26(28)22-10-3-1-4-11-22)20-30-18-9-19-31-21-25-15-8-17-27(29(25)33)23-12-5-2-6-13-23/h1-8,10-17,30-33H,9,18-21H2. The summed E-state index contributed by atoms with van der Waals surface area (Å²) >= 11 is 0. The van der Waals surface area contributed by atoms with Gasteiger partial charge in [-0.2, -0.15) is 0 Å². The zero-order valence-corrected chi connectivity index (χ0v) is 18.7. The average Bonchev–Trinajstić information content (AvgIpc) is 2.86. The van der Waals surface area contributed by atoms with Crippen molar-refractivity contribution in [2.75, 3.05) is 13.1 Å². The Kier molecular flexibility index (Phi) is 7.75. The molecule has 4 heteroatoms. The van der Waals surface area contributed by atoms with Crippen LogP contribution in [-0.2, 0) is 13.1 Å². The molecule has 4 N–H and O–H groups in total. The number of hydrogen-bond acceptors (Lipinski definition) is 4. The second-order valence-electron chi connectivity index (χ2n) is 8.07. The van der Waals surface area contributed by atoms with Crippen molar-refractivity contribution in [2.45, 2.75) is 19.5 Å². The molecule has 0 aliphatic rings. The zero-order valence-electron chi connectivity index (χ0n) is 18.7. The van der Waals surface area contributed by atoms with Gasteiger partial charge in [0, 0.05) is 35.3 Å². The van der Waals surface area contributed by atoms with Crippen LogP contribution in [0.25, 0.3) is 22.3 Å². The maximum absolute atomic E-state index is 10.7. The molecule has 33 heavy (non-hydrogen) atoms. The van der Waals surface area contributed by atoms with Gasteiger partial charge in [-0.05, 0) is 30.6 Å². The van der Waals surface area contributed by atoms with Gasteiger partial charge in [-0.15, -0.1) is 0 Å². The lowest BCUT2D eigenvalue weighted by Crippen LogP contribution is -2.21. The zero-order chi connectivity index (χ0) is 22.9. The highest BCUT2D eigenvalue weighted by Gasteiger charge is 2.09. The Hall–Kier alpha value is -3.60. The molecule has 4 aromatic rings. The van der Waals surface area contributed by atoms with Gasteiger partial charge in [-0.1, -0.05) is 97.1 Å². The number of aromatic hydroxyl groups is 2. The van der Waals surface area contributed by atoms with Crippen LogP contribution in [0, 0.1) is 0 Å².